The van der Waals surface area contributed by atoms with Crippen molar-refractivity contribution in [3.8, 4) is 0 Å². The van der Waals surface area contributed by atoms with Crippen LogP contribution in [0, 0.1) is 0 Å². The molecule has 4 nitrogen and oxygen atoms in total. The molecular formula is C13H15NO3. The van der Waals surface area contributed by atoms with E-state index in [0.29, 0.717) is 13.1 Å². The molecule has 0 saturated heterocycles. The summed E-state index contributed by atoms with van der Waals surface area (Å²) in [7, 11) is 0. The number of nitrogens with zero attached hydrogens (tertiary/aromatic N) is 1. The van der Waals surface area contributed by atoms with E-state index in [4.69, 9.17) is 0 Å². The van der Waals surface area contributed by atoms with Crippen molar-refractivity contribution in [3.05, 3.63) is 29.3 Å². The van der Waals surface area contributed by atoms with Gasteiger partial charge in [0.15, 0.2) is 0 Å². The average molecular weight is 233 g/mol. The number of anilines is 1. The Labute approximate surface area is 100 Å². The van der Waals surface area contributed by atoms with Gasteiger partial charge in [0.25, 0.3) is 6.47 Å². The van der Waals surface area contributed by atoms with E-state index in [-0.39, 0.29) is 0 Å². The van der Waals surface area contributed by atoms with Crippen molar-refractivity contribution in [3.63, 3.8) is 0 Å². The molecule has 17 heavy (non-hydrogen) atoms. The number of carbonyl (C=O) groups is 2. The quantitative estimate of drug-likeness (QED) is 0.551. The fourth-order valence-corrected chi connectivity index (χ4v) is 2.18. The highest BCUT2D eigenvalue weighted by molar-refractivity contribution is 5.77. The SMILES string of the molecule is O=COCCCN1CCc2cc(C=O)ccc21. The number of hydrogen-bond donors (Lipinski definition) is 0. The zero-order chi connectivity index (χ0) is 12.1. The molecule has 2 rings (SSSR count). The lowest BCUT2D eigenvalue weighted by molar-refractivity contribution is -0.128. The molecule has 0 bridgehead atoms. The van der Waals surface area contributed by atoms with Crippen LogP contribution >= 0.6 is 0 Å². The number of ether oxygens (including phenoxy) is 1. The maximum absolute atomic E-state index is 10.7. The van der Waals surface area contributed by atoms with Gasteiger partial charge in [0.05, 0.1) is 6.61 Å². The largest absolute Gasteiger partial charge is 0.468 e. The van der Waals surface area contributed by atoms with Gasteiger partial charge in [0, 0.05) is 24.3 Å². The Kier molecular flexibility index (Phi) is 3.75. The molecule has 0 amide bonds. The van der Waals surface area contributed by atoms with Gasteiger partial charge in [-0.1, -0.05) is 0 Å². The molecule has 0 unspecified atom stereocenters. The van der Waals surface area contributed by atoms with Gasteiger partial charge in [-0.2, -0.15) is 0 Å². The second-order valence-electron chi connectivity index (χ2n) is 4.06. The van der Waals surface area contributed by atoms with E-state index in [9.17, 15) is 9.59 Å². The maximum Gasteiger partial charge on any atom is 0.293 e. The second kappa shape index (κ2) is 5.48. The lowest BCUT2D eigenvalue weighted by atomic mass is 10.1. The number of hydrogen-bond acceptors (Lipinski definition) is 4. The summed E-state index contributed by atoms with van der Waals surface area (Å²) in [5, 5.41) is 0. The molecule has 0 fully saturated rings. The standard InChI is InChI=1S/C13H15NO3/c15-9-11-2-3-13-12(8-11)4-6-14(13)5-1-7-17-10-16/h2-3,8-10H,1,4-7H2. The number of benzene rings is 1. The molecule has 1 aliphatic heterocycles. The molecule has 1 aromatic carbocycles. The summed E-state index contributed by atoms with van der Waals surface area (Å²) in [5.74, 6) is 0. The third-order valence-corrected chi connectivity index (χ3v) is 2.99. The number of aldehydes is 1. The summed E-state index contributed by atoms with van der Waals surface area (Å²) < 4.78 is 4.66. The van der Waals surface area contributed by atoms with Gasteiger partial charge < -0.3 is 9.64 Å². The van der Waals surface area contributed by atoms with Gasteiger partial charge in [-0.25, -0.2) is 0 Å². The minimum absolute atomic E-state index is 0.460. The molecule has 0 spiro atoms. The molecule has 0 saturated carbocycles. The molecule has 90 valence electrons. The van der Waals surface area contributed by atoms with Gasteiger partial charge >= 0.3 is 0 Å². The molecule has 0 radical (unpaired) electrons. The first-order valence-electron chi connectivity index (χ1n) is 5.73. The molecule has 0 aromatic heterocycles. The Morgan fingerprint density at radius 3 is 3.00 bits per heavy atom. The van der Waals surface area contributed by atoms with Crippen LogP contribution in [0.2, 0.25) is 0 Å². The number of fused-ring (bicyclic) bond motifs is 1. The fraction of sp³-hybridized carbons (Fsp3) is 0.385. The molecule has 4 heteroatoms. The first-order chi connectivity index (χ1) is 8.35. The Bertz CT molecular complexity index is 417. The van der Waals surface area contributed by atoms with E-state index in [2.05, 4.69) is 9.64 Å². The van der Waals surface area contributed by atoms with Crippen LogP contribution in [0.4, 0.5) is 5.69 Å². The van der Waals surface area contributed by atoms with Crippen LogP contribution in [-0.4, -0.2) is 32.5 Å². The van der Waals surface area contributed by atoms with Crippen LogP contribution in [0.5, 0.6) is 0 Å². The molecular weight excluding hydrogens is 218 g/mol. The summed E-state index contributed by atoms with van der Waals surface area (Å²) >= 11 is 0. The first-order valence-corrected chi connectivity index (χ1v) is 5.73. The van der Waals surface area contributed by atoms with Crippen LogP contribution in [0.3, 0.4) is 0 Å². The van der Waals surface area contributed by atoms with Gasteiger partial charge in [0.1, 0.15) is 6.29 Å². The van der Waals surface area contributed by atoms with Crippen molar-refractivity contribution < 1.29 is 14.3 Å². The van der Waals surface area contributed by atoms with Gasteiger partial charge in [-0.3, -0.25) is 9.59 Å². The van der Waals surface area contributed by atoms with Crippen molar-refractivity contribution in [2.24, 2.45) is 0 Å². The zero-order valence-electron chi connectivity index (χ0n) is 9.59. The third-order valence-electron chi connectivity index (χ3n) is 2.99. The normalized spacial score (nSPS) is 13.3. The molecule has 0 N–H and O–H groups in total. The molecule has 1 heterocycles. The summed E-state index contributed by atoms with van der Waals surface area (Å²) in [6.45, 7) is 2.79. The number of carbonyl (C=O) groups excluding carboxylic acids is 2. The summed E-state index contributed by atoms with van der Waals surface area (Å²) in [4.78, 5) is 22.9. The van der Waals surface area contributed by atoms with E-state index < -0.39 is 0 Å². The third kappa shape index (κ3) is 2.64. The second-order valence-corrected chi connectivity index (χ2v) is 4.06. The van der Waals surface area contributed by atoms with E-state index in [1.807, 2.05) is 18.2 Å². The minimum atomic E-state index is 0.460. The average Bonchev–Trinajstić information content (AvgIpc) is 2.77. The highest BCUT2D eigenvalue weighted by Crippen LogP contribution is 2.28. The molecule has 0 aliphatic carbocycles. The Hall–Kier alpha value is -1.84. The Morgan fingerprint density at radius 2 is 2.24 bits per heavy atom. The van der Waals surface area contributed by atoms with Crippen molar-refractivity contribution in [1.82, 2.24) is 0 Å². The molecule has 0 atom stereocenters. The Balaban J connectivity index is 1.97. The monoisotopic (exact) mass is 233 g/mol. The van der Waals surface area contributed by atoms with Crippen LogP contribution < -0.4 is 4.90 Å². The fourth-order valence-electron chi connectivity index (χ4n) is 2.18. The summed E-state index contributed by atoms with van der Waals surface area (Å²) in [5.41, 5.74) is 3.16. The van der Waals surface area contributed by atoms with Crippen molar-refractivity contribution in [2.45, 2.75) is 12.8 Å². The van der Waals surface area contributed by atoms with E-state index >= 15 is 0 Å². The predicted octanol–water partition coefficient (Wildman–Crippen LogP) is 1.42. The van der Waals surface area contributed by atoms with Crippen LogP contribution in [0.15, 0.2) is 18.2 Å². The highest BCUT2D eigenvalue weighted by atomic mass is 16.5. The maximum atomic E-state index is 10.7. The minimum Gasteiger partial charge on any atom is -0.468 e. The van der Waals surface area contributed by atoms with Crippen molar-refractivity contribution >= 4 is 18.4 Å². The van der Waals surface area contributed by atoms with Crippen LogP contribution in [0.1, 0.15) is 22.3 Å². The lowest BCUT2D eigenvalue weighted by Crippen LogP contribution is -2.22. The van der Waals surface area contributed by atoms with Crippen LogP contribution in [-0.2, 0) is 16.0 Å². The van der Waals surface area contributed by atoms with Crippen molar-refractivity contribution in [1.29, 1.82) is 0 Å². The van der Waals surface area contributed by atoms with E-state index in [1.54, 1.807) is 0 Å². The smallest absolute Gasteiger partial charge is 0.293 e. The van der Waals surface area contributed by atoms with Crippen molar-refractivity contribution in [2.75, 3.05) is 24.6 Å². The number of rotatable bonds is 6. The molecule has 1 aliphatic rings. The topological polar surface area (TPSA) is 46.6 Å². The summed E-state index contributed by atoms with van der Waals surface area (Å²) in [6, 6.07) is 5.78. The van der Waals surface area contributed by atoms with E-state index in [0.717, 1.165) is 37.8 Å². The van der Waals surface area contributed by atoms with Gasteiger partial charge in [-0.05, 0) is 36.6 Å². The van der Waals surface area contributed by atoms with E-state index in [1.165, 1.54) is 11.3 Å². The first kappa shape index (κ1) is 11.6. The Morgan fingerprint density at radius 1 is 1.35 bits per heavy atom. The zero-order valence-corrected chi connectivity index (χ0v) is 9.59. The highest BCUT2D eigenvalue weighted by Gasteiger charge is 2.18. The molecule has 1 aromatic rings. The summed E-state index contributed by atoms with van der Waals surface area (Å²) in [6.07, 6.45) is 2.68. The van der Waals surface area contributed by atoms with Gasteiger partial charge in [-0.15, -0.1) is 0 Å². The van der Waals surface area contributed by atoms with Crippen LogP contribution in [0.25, 0.3) is 0 Å². The lowest BCUT2D eigenvalue weighted by Gasteiger charge is -2.18. The van der Waals surface area contributed by atoms with Gasteiger partial charge in [0.2, 0.25) is 0 Å². The predicted molar refractivity (Wildman–Crippen MR) is 64.4 cm³/mol.